The van der Waals surface area contributed by atoms with Crippen molar-refractivity contribution in [1.82, 2.24) is 5.01 Å². The van der Waals surface area contributed by atoms with Gasteiger partial charge in [-0.15, -0.1) is 0 Å². The smallest absolute Gasteiger partial charge is 0.271 e. The molecule has 3 amide bonds. The number of rotatable bonds is 5. The molecular weight excluding hydrogens is 379 g/mol. The minimum absolute atomic E-state index is 0.144. The molecule has 0 saturated carbocycles. The summed E-state index contributed by atoms with van der Waals surface area (Å²) in [5.41, 5.74) is 1.07. The highest BCUT2D eigenvalue weighted by Gasteiger charge is 2.22. The number of amides is 3. The third-order valence-electron chi connectivity index (χ3n) is 4.26. The van der Waals surface area contributed by atoms with Gasteiger partial charge in [-0.3, -0.25) is 14.4 Å². The number of nitrogens with zero attached hydrogens (tertiary/aromatic N) is 2. The van der Waals surface area contributed by atoms with E-state index >= 15 is 0 Å². The number of benzene rings is 2. The molecule has 29 heavy (non-hydrogen) atoms. The first-order valence-corrected chi connectivity index (χ1v) is 8.77. The lowest BCUT2D eigenvalue weighted by Gasteiger charge is -2.19. The maximum atomic E-state index is 13.4. The van der Waals surface area contributed by atoms with Crippen LogP contribution in [0.5, 0.6) is 5.75 Å². The molecule has 0 saturated heterocycles. The van der Waals surface area contributed by atoms with Crippen molar-refractivity contribution in [3.8, 4) is 5.75 Å². The van der Waals surface area contributed by atoms with E-state index in [-0.39, 0.29) is 30.0 Å². The zero-order valence-corrected chi connectivity index (χ0v) is 15.9. The number of hydrogen-bond donors (Lipinski definition) is 2. The summed E-state index contributed by atoms with van der Waals surface area (Å²) in [7, 11) is 2.93. The topological polar surface area (TPSA) is 100 Å². The Morgan fingerprint density at radius 3 is 2.59 bits per heavy atom. The van der Waals surface area contributed by atoms with Crippen molar-refractivity contribution in [2.45, 2.75) is 12.8 Å². The molecule has 3 rings (SSSR count). The number of hydrogen-bond acceptors (Lipinski definition) is 5. The molecule has 0 atom stereocenters. The summed E-state index contributed by atoms with van der Waals surface area (Å²) in [4.78, 5) is 36.3. The molecule has 2 N–H and O–H groups in total. The summed E-state index contributed by atoms with van der Waals surface area (Å²) in [5.74, 6) is -1.29. The van der Waals surface area contributed by atoms with Crippen LogP contribution in [0.2, 0.25) is 0 Å². The fourth-order valence-corrected chi connectivity index (χ4v) is 2.74. The Morgan fingerprint density at radius 1 is 1.10 bits per heavy atom. The molecule has 2 aromatic carbocycles. The Labute approximate surface area is 166 Å². The van der Waals surface area contributed by atoms with Crippen molar-refractivity contribution in [3.63, 3.8) is 0 Å². The molecule has 8 nitrogen and oxygen atoms in total. The SMILES string of the molecule is COc1ccc(NC(=O)C2=NN(C)C(=O)CC2)cc1NC(=O)c1cccc(F)c1. The molecule has 0 aromatic heterocycles. The van der Waals surface area contributed by atoms with Crippen LogP contribution >= 0.6 is 0 Å². The van der Waals surface area contributed by atoms with Gasteiger partial charge in [0, 0.05) is 31.1 Å². The maximum absolute atomic E-state index is 13.4. The lowest BCUT2D eigenvalue weighted by atomic mass is 10.1. The number of methoxy groups -OCH3 is 1. The van der Waals surface area contributed by atoms with Gasteiger partial charge in [0.2, 0.25) is 5.91 Å². The Hall–Kier alpha value is -3.75. The second-order valence-corrected chi connectivity index (χ2v) is 6.30. The van der Waals surface area contributed by atoms with Crippen LogP contribution in [0.25, 0.3) is 0 Å². The predicted octanol–water partition coefficient (Wildman–Crippen LogP) is 2.63. The fraction of sp³-hybridized carbons (Fsp3) is 0.200. The summed E-state index contributed by atoms with van der Waals surface area (Å²) in [5, 5.41) is 10.4. The quantitative estimate of drug-likeness (QED) is 0.809. The normalized spacial score (nSPS) is 13.6. The highest BCUT2D eigenvalue weighted by molar-refractivity contribution is 6.43. The lowest BCUT2D eigenvalue weighted by Crippen LogP contribution is -2.34. The summed E-state index contributed by atoms with van der Waals surface area (Å²) in [6.07, 6.45) is 0.453. The molecule has 9 heteroatoms. The van der Waals surface area contributed by atoms with Crippen LogP contribution in [0.15, 0.2) is 47.6 Å². The number of hydrazone groups is 1. The van der Waals surface area contributed by atoms with Gasteiger partial charge in [-0.25, -0.2) is 9.40 Å². The van der Waals surface area contributed by atoms with E-state index in [0.29, 0.717) is 17.1 Å². The van der Waals surface area contributed by atoms with Crippen molar-refractivity contribution in [2.24, 2.45) is 5.10 Å². The average Bonchev–Trinajstić information content (AvgIpc) is 2.70. The van der Waals surface area contributed by atoms with Crippen LogP contribution in [-0.2, 0) is 9.59 Å². The van der Waals surface area contributed by atoms with Crippen molar-refractivity contribution >= 4 is 34.8 Å². The van der Waals surface area contributed by atoms with Crippen molar-refractivity contribution < 1.29 is 23.5 Å². The van der Waals surface area contributed by atoms with E-state index in [9.17, 15) is 18.8 Å². The number of carbonyl (C=O) groups excluding carboxylic acids is 3. The third kappa shape index (κ3) is 4.75. The summed E-state index contributed by atoms with van der Waals surface area (Å²) < 4.78 is 18.6. The maximum Gasteiger partial charge on any atom is 0.271 e. The first-order chi connectivity index (χ1) is 13.9. The predicted molar refractivity (Wildman–Crippen MR) is 105 cm³/mol. The number of nitrogens with one attached hydrogen (secondary N) is 2. The monoisotopic (exact) mass is 398 g/mol. The molecule has 1 heterocycles. The van der Waals surface area contributed by atoms with E-state index in [1.807, 2.05) is 0 Å². The zero-order chi connectivity index (χ0) is 21.0. The van der Waals surface area contributed by atoms with Gasteiger partial charge in [0.1, 0.15) is 17.3 Å². The Bertz CT molecular complexity index is 1010. The molecule has 2 aromatic rings. The highest BCUT2D eigenvalue weighted by atomic mass is 19.1. The summed E-state index contributed by atoms with van der Waals surface area (Å²) in [6.45, 7) is 0. The Balaban J connectivity index is 1.78. The van der Waals surface area contributed by atoms with Crippen LogP contribution in [-0.4, -0.2) is 42.6 Å². The van der Waals surface area contributed by atoms with E-state index in [2.05, 4.69) is 15.7 Å². The largest absolute Gasteiger partial charge is 0.495 e. The van der Waals surface area contributed by atoms with E-state index in [4.69, 9.17) is 4.74 Å². The number of anilines is 2. The number of ether oxygens (including phenoxy) is 1. The third-order valence-corrected chi connectivity index (χ3v) is 4.26. The van der Waals surface area contributed by atoms with Crippen LogP contribution < -0.4 is 15.4 Å². The molecular formula is C20H19FN4O4. The van der Waals surface area contributed by atoms with Crippen LogP contribution in [0.1, 0.15) is 23.2 Å². The molecule has 1 aliphatic rings. The molecule has 0 unspecified atom stereocenters. The van der Waals surface area contributed by atoms with Crippen molar-refractivity contribution in [2.75, 3.05) is 24.8 Å². The molecule has 0 radical (unpaired) electrons. The average molecular weight is 398 g/mol. The van der Waals surface area contributed by atoms with E-state index in [1.165, 1.54) is 38.4 Å². The minimum atomic E-state index is -0.526. The molecule has 150 valence electrons. The van der Waals surface area contributed by atoms with Gasteiger partial charge >= 0.3 is 0 Å². The Kier molecular flexibility index (Phi) is 5.87. The highest BCUT2D eigenvalue weighted by Crippen LogP contribution is 2.28. The van der Waals surface area contributed by atoms with Gasteiger partial charge < -0.3 is 15.4 Å². The molecule has 0 spiro atoms. The first-order valence-electron chi connectivity index (χ1n) is 8.77. The zero-order valence-electron chi connectivity index (χ0n) is 15.9. The Morgan fingerprint density at radius 2 is 1.90 bits per heavy atom. The van der Waals surface area contributed by atoms with E-state index in [0.717, 1.165) is 11.1 Å². The molecule has 0 fully saturated rings. The second kappa shape index (κ2) is 8.51. The van der Waals surface area contributed by atoms with Gasteiger partial charge in [-0.2, -0.15) is 5.10 Å². The summed E-state index contributed by atoms with van der Waals surface area (Å²) in [6, 6.07) is 9.98. The first kappa shape index (κ1) is 20.0. The minimum Gasteiger partial charge on any atom is -0.495 e. The van der Waals surface area contributed by atoms with E-state index in [1.54, 1.807) is 12.1 Å². The second-order valence-electron chi connectivity index (χ2n) is 6.30. The van der Waals surface area contributed by atoms with Gasteiger partial charge in [0.15, 0.2) is 0 Å². The number of halogens is 1. The lowest BCUT2D eigenvalue weighted by molar-refractivity contribution is -0.130. The van der Waals surface area contributed by atoms with Crippen LogP contribution in [0.3, 0.4) is 0 Å². The van der Waals surface area contributed by atoms with Gasteiger partial charge in [0.25, 0.3) is 11.8 Å². The van der Waals surface area contributed by atoms with Gasteiger partial charge in [-0.1, -0.05) is 6.07 Å². The molecule has 1 aliphatic heterocycles. The summed E-state index contributed by atoms with van der Waals surface area (Å²) >= 11 is 0. The molecule has 0 bridgehead atoms. The molecule has 0 aliphatic carbocycles. The fourth-order valence-electron chi connectivity index (χ4n) is 2.74. The van der Waals surface area contributed by atoms with Crippen LogP contribution in [0.4, 0.5) is 15.8 Å². The van der Waals surface area contributed by atoms with Crippen LogP contribution in [0, 0.1) is 5.82 Å². The standard InChI is InChI=1S/C20H19FN4O4/c1-25-18(26)9-7-15(24-25)20(28)22-14-6-8-17(29-2)16(11-14)23-19(27)12-4-3-5-13(21)10-12/h3-6,8,10-11H,7,9H2,1-2H3,(H,22,28)(H,23,27). The number of carbonyl (C=O) groups is 3. The van der Waals surface area contributed by atoms with E-state index < -0.39 is 17.6 Å². The van der Waals surface area contributed by atoms with Crippen molar-refractivity contribution in [3.05, 3.63) is 53.8 Å². The van der Waals surface area contributed by atoms with Gasteiger partial charge in [0.05, 0.1) is 12.8 Å². The van der Waals surface area contributed by atoms with Crippen molar-refractivity contribution in [1.29, 1.82) is 0 Å². The van der Waals surface area contributed by atoms with Gasteiger partial charge in [-0.05, 0) is 36.4 Å².